The van der Waals surface area contributed by atoms with E-state index < -0.39 is 0 Å². The second-order valence-electron chi connectivity index (χ2n) is 9.46. The van der Waals surface area contributed by atoms with Gasteiger partial charge in [0.25, 0.3) is 0 Å². The number of fused-ring (bicyclic) bond motifs is 5. The SMILES string of the molecule is CC1CC2(CO)C(CCC3C4CCC(O)C4(C)CCC32)CC1=O. The van der Waals surface area contributed by atoms with E-state index in [1.165, 1.54) is 6.42 Å². The van der Waals surface area contributed by atoms with E-state index in [9.17, 15) is 15.0 Å². The van der Waals surface area contributed by atoms with Gasteiger partial charge in [0.2, 0.25) is 0 Å². The monoisotopic (exact) mass is 320 g/mol. The first-order valence-electron chi connectivity index (χ1n) is 9.74. The van der Waals surface area contributed by atoms with E-state index in [0.29, 0.717) is 35.9 Å². The van der Waals surface area contributed by atoms with Crippen LogP contribution in [0.3, 0.4) is 0 Å². The number of Topliss-reactive ketones (excluding diaryl/α,β-unsaturated/α-hetero) is 1. The number of hydrogen-bond donors (Lipinski definition) is 2. The average molecular weight is 320 g/mol. The zero-order chi connectivity index (χ0) is 16.4. The molecule has 0 radical (unpaired) electrons. The maximum absolute atomic E-state index is 12.2. The minimum absolute atomic E-state index is 0.0227. The van der Waals surface area contributed by atoms with Crippen LogP contribution < -0.4 is 0 Å². The predicted molar refractivity (Wildman–Crippen MR) is 88.7 cm³/mol. The summed E-state index contributed by atoms with van der Waals surface area (Å²) in [6.45, 7) is 4.62. The van der Waals surface area contributed by atoms with Gasteiger partial charge in [-0.3, -0.25) is 4.79 Å². The minimum Gasteiger partial charge on any atom is -0.396 e. The van der Waals surface area contributed by atoms with Crippen molar-refractivity contribution in [2.24, 2.45) is 40.4 Å². The van der Waals surface area contributed by atoms with Gasteiger partial charge in [-0.15, -0.1) is 0 Å². The smallest absolute Gasteiger partial charge is 0.136 e. The Morgan fingerprint density at radius 2 is 1.91 bits per heavy atom. The minimum atomic E-state index is -0.136. The molecule has 4 aliphatic carbocycles. The van der Waals surface area contributed by atoms with Crippen molar-refractivity contribution in [1.29, 1.82) is 0 Å². The van der Waals surface area contributed by atoms with Crippen molar-refractivity contribution in [3.8, 4) is 0 Å². The van der Waals surface area contributed by atoms with Crippen LogP contribution in [0.4, 0.5) is 0 Å². The number of carbonyl (C=O) groups is 1. The standard InChI is InChI=1S/C20H32O3/c1-12-10-20(11-21)13(9-17(12)22)3-4-14-15-5-6-18(23)19(15,2)8-7-16(14)20/h12-16,18,21,23H,3-11H2,1-2H3. The van der Waals surface area contributed by atoms with Gasteiger partial charge in [-0.05, 0) is 74.0 Å². The first-order valence-corrected chi connectivity index (χ1v) is 9.74. The molecule has 0 heterocycles. The Balaban J connectivity index is 1.68. The lowest BCUT2D eigenvalue weighted by atomic mass is 9.44. The Morgan fingerprint density at radius 1 is 1.13 bits per heavy atom. The fourth-order valence-corrected chi connectivity index (χ4v) is 7.42. The van der Waals surface area contributed by atoms with E-state index in [1.54, 1.807) is 0 Å². The molecule has 0 aromatic carbocycles. The van der Waals surface area contributed by atoms with E-state index in [2.05, 4.69) is 13.8 Å². The first kappa shape index (κ1) is 16.1. The fourth-order valence-electron chi connectivity index (χ4n) is 7.42. The van der Waals surface area contributed by atoms with Crippen molar-refractivity contribution in [3.63, 3.8) is 0 Å². The number of hydrogen-bond acceptors (Lipinski definition) is 3. The largest absolute Gasteiger partial charge is 0.396 e. The molecule has 23 heavy (non-hydrogen) atoms. The van der Waals surface area contributed by atoms with Crippen LogP contribution in [0.5, 0.6) is 0 Å². The van der Waals surface area contributed by atoms with Crippen LogP contribution in [0, 0.1) is 40.4 Å². The van der Waals surface area contributed by atoms with Crippen molar-refractivity contribution >= 4 is 5.78 Å². The molecule has 0 bridgehead atoms. The molecular weight excluding hydrogens is 288 g/mol. The summed E-state index contributed by atoms with van der Waals surface area (Å²) >= 11 is 0. The normalized spacial score (nSPS) is 55.9. The quantitative estimate of drug-likeness (QED) is 0.780. The Labute approximate surface area is 139 Å². The van der Waals surface area contributed by atoms with Gasteiger partial charge in [-0.1, -0.05) is 13.8 Å². The second kappa shape index (κ2) is 5.29. The molecule has 8 unspecified atom stereocenters. The molecule has 0 aromatic heterocycles. The van der Waals surface area contributed by atoms with Crippen LogP contribution in [0.15, 0.2) is 0 Å². The summed E-state index contributed by atoms with van der Waals surface area (Å²) < 4.78 is 0. The summed E-state index contributed by atoms with van der Waals surface area (Å²) in [5.41, 5.74) is 0.0753. The summed E-state index contributed by atoms with van der Waals surface area (Å²) in [6.07, 6.45) is 8.07. The maximum atomic E-state index is 12.2. The van der Waals surface area contributed by atoms with E-state index in [1.807, 2.05) is 0 Å². The Morgan fingerprint density at radius 3 is 2.65 bits per heavy atom. The number of ketones is 1. The summed E-state index contributed by atoms with van der Waals surface area (Å²) in [4.78, 5) is 12.2. The molecule has 0 aliphatic heterocycles. The lowest BCUT2D eigenvalue weighted by Crippen LogP contribution is -2.57. The molecule has 4 fully saturated rings. The van der Waals surface area contributed by atoms with Gasteiger partial charge in [-0.2, -0.15) is 0 Å². The van der Waals surface area contributed by atoms with Gasteiger partial charge in [0.15, 0.2) is 0 Å². The highest BCUT2D eigenvalue weighted by Crippen LogP contribution is 2.66. The summed E-state index contributed by atoms with van der Waals surface area (Å²) in [7, 11) is 0. The highest BCUT2D eigenvalue weighted by atomic mass is 16.3. The highest BCUT2D eigenvalue weighted by molar-refractivity contribution is 5.82. The molecule has 8 atom stereocenters. The highest BCUT2D eigenvalue weighted by Gasteiger charge is 2.61. The molecule has 3 nitrogen and oxygen atoms in total. The van der Waals surface area contributed by atoms with Crippen molar-refractivity contribution in [1.82, 2.24) is 0 Å². The van der Waals surface area contributed by atoms with E-state index >= 15 is 0 Å². The molecular formula is C20H32O3. The molecule has 0 spiro atoms. The van der Waals surface area contributed by atoms with Crippen molar-refractivity contribution < 1.29 is 15.0 Å². The first-order chi connectivity index (χ1) is 10.9. The van der Waals surface area contributed by atoms with Crippen molar-refractivity contribution in [2.75, 3.05) is 6.61 Å². The molecule has 0 aromatic rings. The summed E-state index contributed by atoms with van der Waals surface area (Å²) in [5, 5.41) is 20.9. The second-order valence-corrected chi connectivity index (χ2v) is 9.46. The molecule has 4 saturated carbocycles. The Hall–Kier alpha value is -0.410. The third kappa shape index (κ3) is 2.05. The van der Waals surface area contributed by atoms with Crippen LogP contribution in [-0.2, 0) is 4.79 Å². The topological polar surface area (TPSA) is 57.5 Å². The van der Waals surface area contributed by atoms with Crippen LogP contribution in [0.25, 0.3) is 0 Å². The van der Waals surface area contributed by atoms with E-state index in [-0.39, 0.29) is 29.5 Å². The number of aliphatic hydroxyl groups is 2. The van der Waals surface area contributed by atoms with Crippen LogP contribution in [0.1, 0.15) is 65.2 Å². The van der Waals surface area contributed by atoms with Gasteiger partial charge in [-0.25, -0.2) is 0 Å². The van der Waals surface area contributed by atoms with Gasteiger partial charge >= 0.3 is 0 Å². The fraction of sp³-hybridized carbons (Fsp3) is 0.950. The third-order valence-corrected chi connectivity index (χ3v) is 8.76. The Bertz CT molecular complexity index is 503. The zero-order valence-electron chi connectivity index (χ0n) is 14.6. The lowest BCUT2D eigenvalue weighted by molar-refractivity contribution is -0.162. The van der Waals surface area contributed by atoms with Crippen LogP contribution >= 0.6 is 0 Å². The van der Waals surface area contributed by atoms with Gasteiger partial charge in [0, 0.05) is 24.4 Å². The van der Waals surface area contributed by atoms with Crippen molar-refractivity contribution in [3.05, 3.63) is 0 Å². The van der Waals surface area contributed by atoms with Crippen LogP contribution in [-0.4, -0.2) is 28.7 Å². The van der Waals surface area contributed by atoms with Gasteiger partial charge < -0.3 is 10.2 Å². The number of aliphatic hydroxyl groups excluding tert-OH is 2. The molecule has 0 saturated heterocycles. The van der Waals surface area contributed by atoms with E-state index in [4.69, 9.17) is 0 Å². The molecule has 4 aliphatic rings. The van der Waals surface area contributed by atoms with E-state index in [0.717, 1.165) is 38.5 Å². The molecule has 4 rings (SSSR count). The zero-order valence-corrected chi connectivity index (χ0v) is 14.6. The molecule has 130 valence electrons. The molecule has 3 heteroatoms. The summed E-state index contributed by atoms with van der Waals surface area (Å²) in [5.74, 6) is 2.75. The third-order valence-electron chi connectivity index (χ3n) is 8.76. The maximum Gasteiger partial charge on any atom is 0.136 e. The van der Waals surface area contributed by atoms with Crippen molar-refractivity contribution in [2.45, 2.75) is 71.3 Å². The predicted octanol–water partition coefficient (Wildman–Crippen LogP) is 3.18. The van der Waals surface area contributed by atoms with Gasteiger partial charge in [0.05, 0.1) is 6.10 Å². The summed E-state index contributed by atoms with van der Waals surface area (Å²) in [6, 6.07) is 0. The van der Waals surface area contributed by atoms with Gasteiger partial charge in [0.1, 0.15) is 5.78 Å². The molecule has 0 amide bonds. The Kier molecular flexibility index (Phi) is 3.70. The molecule has 2 N–H and O–H groups in total. The lowest BCUT2D eigenvalue weighted by Gasteiger charge is -2.61. The van der Waals surface area contributed by atoms with Crippen LogP contribution in [0.2, 0.25) is 0 Å². The number of rotatable bonds is 1. The number of carbonyl (C=O) groups excluding carboxylic acids is 1. The average Bonchev–Trinajstić information content (AvgIpc) is 2.84.